The summed E-state index contributed by atoms with van der Waals surface area (Å²) in [5.74, 6) is 1.31. The molecular weight excluding hydrogens is 342 g/mol. The highest BCUT2D eigenvalue weighted by molar-refractivity contribution is 5.79. The van der Waals surface area contributed by atoms with Crippen molar-refractivity contribution in [3.05, 3.63) is 60.4 Å². The van der Waals surface area contributed by atoms with Crippen LogP contribution < -0.4 is 10.2 Å². The molecule has 3 aromatic rings. The Hall–Kier alpha value is -3.32. The van der Waals surface area contributed by atoms with Crippen LogP contribution in [0.4, 0.5) is 17.5 Å². The highest BCUT2D eigenvalue weighted by Crippen LogP contribution is 2.25. The summed E-state index contributed by atoms with van der Waals surface area (Å²) in [6.07, 6.45) is 4.30. The van der Waals surface area contributed by atoms with Crippen LogP contribution in [0.15, 0.2) is 54.9 Å². The maximum absolute atomic E-state index is 11.1. The first kappa shape index (κ1) is 17.1. The van der Waals surface area contributed by atoms with Crippen LogP contribution in [-0.4, -0.2) is 47.5 Å². The van der Waals surface area contributed by atoms with Gasteiger partial charge in [-0.3, -0.25) is 9.78 Å². The van der Waals surface area contributed by atoms with E-state index in [4.69, 9.17) is 9.72 Å². The van der Waals surface area contributed by atoms with Crippen molar-refractivity contribution in [2.24, 2.45) is 0 Å². The number of carbonyl (C=O) groups is 1. The third-order valence-electron chi connectivity index (χ3n) is 4.26. The molecule has 0 bridgehead atoms. The molecule has 136 valence electrons. The van der Waals surface area contributed by atoms with E-state index < -0.39 is 0 Å². The number of anilines is 3. The molecule has 3 heterocycles. The number of hydrogen-bond donors (Lipinski definition) is 1. The van der Waals surface area contributed by atoms with Crippen LogP contribution in [0.2, 0.25) is 0 Å². The first-order chi connectivity index (χ1) is 13.3. The maximum atomic E-state index is 11.1. The molecule has 1 saturated heterocycles. The van der Waals surface area contributed by atoms with Crippen molar-refractivity contribution < 1.29 is 9.53 Å². The van der Waals surface area contributed by atoms with Gasteiger partial charge in [0, 0.05) is 36.5 Å². The number of nitrogens with zero attached hydrogens (tertiary/aromatic N) is 4. The Morgan fingerprint density at radius 2 is 1.96 bits per heavy atom. The Labute approximate surface area is 157 Å². The number of carbonyl (C=O) groups excluding carboxylic acids is 1. The highest BCUT2D eigenvalue weighted by Gasteiger charge is 2.16. The van der Waals surface area contributed by atoms with E-state index in [1.165, 1.54) is 0 Å². The van der Waals surface area contributed by atoms with E-state index in [1.54, 1.807) is 18.5 Å². The summed E-state index contributed by atoms with van der Waals surface area (Å²) in [5.41, 5.74) is 3.07. The van der Waals surface area contributed by atoms with Gasteiger partial charge < -0.3 is 15.0 Å². The van der Waals surface area contributed by atoms with Gasteiger partial charge >= 0.3 is 0 Å². The summed E-state index contributed by atoms with van der Waals surface area (Å²) >= 11 is 0. The fourth-order valence-corrected chi connectivity index (χ4v) is 2.91. The SMILES string of the molecule is O=Cc1cccc(-c2cc(Nc3cccnc3)nc(N3CCOCC3)n2)c1. The first-order valence-electron chi connectivity index (χ1n) is 8.76. The van der Waals surface area contributed by atoms with Gasteiger partial charge in [-0.2, -0.15) is 4.98 Å². The van der Waals surface area contributed by atoms with Crippen molar-refractivity contribution in [1.29, 1.82) is 0 Å². The van der Waals surface area contributed by atoms with Gasteiger partial charge in [0.05, 0.1) is 30.8 Å². The Morgan fingerprint density at radius 1 is 1.07 bits per heavy atom. The number of aromatic nitrogens is 3. The van der Waals surface area contributed by atoms with Crippen molar-refractivity contribution in [3.63, 3.8) is 0 Å². The number of pyridine rings is 1. The van der Waals surface area contributed by atoms with E-state index in [0.717, 1.165) is 36.3 Å². The van der Waals surface area contributed by atoms with E-state index in [1.807, 2.05) is 36.4 Å². The Morgan fingerprint density at radius 3 is 2.74 bits per heavy atom. The van der Waals surface area contributed by atoms with Gasteiger partial charge in [-0.05, 0) is 18.2 Å². The molecule has 0 saturated carbocycles. The molecule has 0 spiro atoms. The van der Waals surface area contributed by atoms with Crippen LogP contribution in [0.25, 0.3) is 11.3 Å². The van der Waals surface area contributed by atoms with Crippen LogP contribution in [0.5, 0.6) is 0 Å². The van der Waals surface area contributed by atoms with Gasteiger partial charge in [-0.1, -0.05) is 18.2 Å². The number of ether oxygens (including phenoxy) is 1. The van der Waals surface area contributed by atoms with Gasteiger partial charge in [-0.25, -0.2) is 4.98 Å². The number of rotatable bonds is 5. The van der Waals surface area contributed by atoms with Gasteiger partial charge in [0.15, 0.2) is 0 Å². The summed E-state index contributed by atoms with van der Waals surface area (Å²) in [6, 6.07) is 13.1. The standard InChI is InChI=1S/C20H19N5O2/c26-14-15-3-1-4-16(11-15)18-12-19(22-17-5-2-6-21-13-17)24-20(23-18)25-7-9-27-10-8-25/h1-6,11-14H,7-10H2,(H,22,23,24). The average Bonchev–Trinajstić information content (AvgIpc) is 2.75. The molecule has 27 heavy (non-hydrogen) atoms. The molecule has 1 aliphatic heterocycles. The number of morpholine rings is 1. The largest absolute Gasteiger partial charge is 0.378 e. The lowest BCUT2D eigenvalue weighted by Gasteiger charge is -2.27. The van der Waals surface area contributed by atoms with Gasteiger partial charge in [0.2, 0.25) is 5.95 Å². The molecule has 2 aromatic heterocycles. The molecule has 1 aliphatic rings. The lowest BCUT2D eigenvalue weighted by atomic mass is 10.1. The molecule has 0 atom stereocenters. The number of aldehydes is 1. The second-order valence-corrected chi connectivity index (χ2v) is 6.15. The molecule has 1 N–H and O–H groups in total. The van der Waals surface area contributed by atoms with Crippen LogP contribution in [0, 0.1) is 0 Å². The Kier molecular flexibility index (Phi) is 5.02. The molecule has 4 rings (SSSR count). The van der Waals surface area contributed by atoms with Crippen molar-refractivity contribution in [2.45, 2.75) is 0 Å². The maximum Gasteiger partial charge on any atom is 0.228 e. The Bertz CT molecular complexity index is 927. The summed E-state index contributed by atoms with van der Waals surface area (Å²) in [4.78, 5) is 26.8. The summed E-state index contributed by atoms with van der Waals surface area (Å²) in [6.45, 7) is 2.79. The predicted octanol–water partition coefficient (Wildman–Crippen LogP) is 2.93. The van der Waals surface area contributed by atoms with E-state index in [-0.39, 0.29) is 0 Å². The second-order valence-electron chi connectivity index (χ2n) is 6.15. The van der Waals surface area contributed by atoms with Crippen LogP contribution in [-0.2, 0) is 4.74 Å². The second kappa shape index (κ2) is 7.92. The van der Waals surface area contributed by atoms with E-state index in [9.17, 15) is 4.79 Å². The van der Waals surface area contributed by atoms with Crippen LogP contribution >= 0.6 is 0 Å². The summed E-state index contributed by atoms with van der Waals surface area (Å²) in [5, 5.41) is 3.28. The molecule has 7 nitrogen and oxygen atoms in total. The third-order valence-corrected chi connectivity index (χ3v) is 4.26. The monoisotopic (exact) mass is 361 g/mol. The molecule has 0 unspecified atom stereocenters. The normalized spacial score (nSPS) is 14.0. The zero-order valence-electron chi connectivity index (χ0n) is 14.7. The van der Waals surface area contributed by atoms with Crippen LogP contribution in [0.3, 0.4) is 0 Å². The van der Waals surface area contributed by atoms with Crippen LogP contribution in [0.1, 0.15) is 10.4 Å². The lowest BCUT2D eigenvalue weighted by Crippen LogP contribution is -2.37. The molecule has 7 heteroatoms. The topological polar surface area (TPSA) is 80.2 Å². The minimum Gasteiger partial charge on any atom is -0.378 e. The predicted molar refractivity (Wildman–Crippen MR) is 103 cm³/mol. The quantitative estimate of drug-likeness (QED) is 0.700. The summed E-state index contributed by atoms with van der Waals surface area (Å²) < 4.78 is 5.43. The average molecular weight is 361 g/mol. The molecule has 0 aliphatic carbocycles. The third kappa shape index (κ3) is 4.09. The van der Waals surface area contributed by atoms with E-state index in [0.29, 0.717) is 30.5 Å². The van der Waals surface area contributed by atoms with Gasteiger partial charge in [-0.15, -0.1) is 0 Å². The zero-order chi connectivity index (χ0) is 18.5. The van der Waals surface area contributed by atoms with Crippen molar-refractivity contribution in [3.8, 4) is 11.3 Å². The van der Waals surface area contributed by atoms with E-state index >= 15 is 0 Å². The summed E-state index contributed by atoms with van der Waals surface area (Å²) in [7, 11) is 0. The molecule has 0 amide bonds. The fourth-order valence-electron chi connectivity index (χ4n) is 2.91. The molecular formula is C20H19N5O2. The molecule has 1 fully saturated rings. The molecule has 1 aromatic carbocycles. The minimum atomic E-state index is 0.612. The van der Waals surface area contributed by atoms with Crippen molar-refractivity contribution in [1.82, 2.24) is 15.0 Å². The first-order valence-corrected chi connectivity index (χ1v) is 8.76. The van der Waals surface area contributed by atoms with Crippen molar-refractivity contribution in [2.75, 3.05) is 36.5 Å². The fraction of sp³-hybridized carbons (Fsp3) is 0.200. The number of benzene rings is 1. The smallest absolute Gasteiger partial charge is 0.228 e. The van der Waals surface area contributed by atoms with E-state index in [2.05, 4.69) is 20.2 Å². The minimum absolute atomic E-state index is 0.612. The van der Waals surface area contributed by atoms with Crippen molar-refractivity contribution >= 4 is 23.7 Å². The zero-order valence-corrected chi connectivity index (χ0v) is 14.7. The Balaban J connectivity index is 1.74. The lowest BCUT2D eigenvalue weighted by molar-refractivity contribution is 0.112. The number of nitrogens with one attached hydrogen (secondary N) is 1. The highest BCUT2D eigenvalue weighted by atomic mass is 16.5. The molecule has 0 radical (unpaired) electrons. The van der Waals surface area contributed by atoms with Gasteiger partial charge in [0.1, 0.15) is 12.1 Å². The van der Waals surface area contributed by atoms with Gasteiger partial charge in [0.25, 0.3) is 0 Å². The number of hydrogen-bond acceptors (Lipinski definition) is 7.